The van der Waals surface area contributed by atoms with Gasteiger partial charge in [0.15, 0.2) is 5.65 Å². The van der Waals surface area contributed by atoms with Gasteiger partial charge in [-0.25, -0.2) is 0 Å². The minimum absolute atomic E-state index is 0.609. The summed E-state index contributed by atoms with van der Waals surface area (Å²) in [6.45, 7) is 1.75. The topological polar surface area (TPSA) is 39.4 Å². The molecule has 1 unspecified atom stereocenters. The average Bonchev–Trinajstić information content (AvgIpc) is 2.89. The van der Waals surface area contributed by atoms with E-state index in [2.05, 4.69) is 14.6 Å². The summed E-state index contributed by atoms with van der Waals surface area (Å²) < 4.78 is 7.41. The number of hydrogen-bond donors (Lipinski definition) is 0. The summed E-state index contributed by atoms with van der Waals surface area (Å²) in [6, 6.07) is 5.96. The lowest BCUT2D eigenvalue weighted by atomic mass is 10.1. The highest BCUT2D eigenvalue weighted by Crippen LogP contribution is 2.17. The van der Waals surface area contributed by atoms with Crippen molar-refractivity contribution in [3.63, 3.8) is 0 Å². The van der Waals surface area contributed by atoms with Gasteiger partial charge in [-0.2, -0.15) is 0 Å². The summed E-state index contributed by atoms with van der Waals surface area (Å²) in [5.41, 5.74) is 0.923. The van der Waals surface area contributed by atoms with Gasteiger partial charge in [-0.1, -0.05) is 6.07 Å². The summed E-state index contributed by atoms with van der Waals surface area (Å²) in [6.07, 6.45) is 4.12. The van der Waals surface area contributed by atoms with Crippen LogP contribution in [0.5, 0.6) is 0 Å². The number of hydrogen-bond acceptors (Lipinski definition) is 3. The smallest absolute Gasteiger partial charge is 0.160 e. The van der Waals surface area contributed by atoms with Crippen molar-refractivity contribution >= 4 is 5.65 Å². The molecule has 2 aromatic heterocycles. The first-order valence-electron chi connectivity index (χ1n) is 5.30. The molecule has 0 saturated carbocycles. The molecular weight excluding hydrogens is 190 g/mol. The Bertz CT molecular complexity index is 460. The number of ether oxygens (including phenoxy) is 1. The summed E-state index contributed by atoms with van der Waals surface area (Å²) >= 11 is 0. The third-order valence-electron chi connectivity index (χ3n) is 2.88. The van der Waals surface area contributed by atoms with Crippen molar-refractivity contribution in [3.05, 3.63) is 30.2 Å². The number of fused-ring (bicyclic) bond motifs is 1. The first-order valence-corrected chi connectivity index (χ1v) is 5.30. The maximum absolute atomic E-state index is 5.36. The Morgan fingerprint density at radius 3 is 3.27 bits per heavy atom. The van der Waals surface area contributed by atoms with E-state index >= 15 is 0 Å². The zero-order valence-electron chi connectivity index (χ0n) is 8.47. The molecule has 3 rings (SSSR count). The van der Waals surface area contributed by atoms with Gasteiger partial charge in [0.2, 0.25) is 0 Å². The van der Waals surface area contributed by atoms with E-state index in [-0.39, 0.29) is 0 Å². The van der Waals surface area contributed by atoms with Crippen LogP contribution in [0.2, 0.25) is 0 Å². The van der Waals surface area contributed by atoms with E-state index in [0.29, 0.717) is 5.92 Å². The quantitative estimate of drug-likeness (QED) is 0.738. The molecule has 78 valence electrons. The van der Waals surface area contributed by atoms with Crippen molar-refractivity contribution in [1.82, 2.24) is 14.6 Å². The Morgan fingerprint density at radius 2 is 2.40 bits per heavy atom. The average molecular weight is 203 g/mol. The van der Waals surface area contributed by atoms with Crippen molar-refractivity contribution < 1.29 is 4.74 Å². The maximum atomic E-state index is 5.36. The highest BCUT2D eigenvalue weighted by atomic mass is 16.5. The predicted octanol–water partition coefficient (Wildman–Crippen LogP) is 1.31. The summed E-state index contributed by atoms with van der Waals surface area (Å²) in [5, 5.41) is 8.35. The minimum atomic E-state index is 0.609. The first-order chi connectivity index (χ1) is 7.43. The van der Waals surface area contributed by atoms with Gasteiger partial charge in [0.1, 0.15) is 5.82 Å². The normalized spacial score (nSPS) is 21.2. The highest BCUT2D eigenvalue weighted by molar-refractivity contribution is 5.37. The second kappa shape index (κ2) is 3.62. The van der Waals surface area contributed by atoms with E-state index < -0.39 is 0 Å². The van der Waals surface area contributed by atoms with Crippen LogP contribution in [-0.2, 0) is 11.2 Å². The fourth-order valence-corrected chi connectivity index (χ4v) is 2.03. The molecule has 1 aliphatic rings. The zero-order valence-corrected chi connectivity index (χ0v) is 8.47. The van der Waals surface area contributed by atoms with Crippen LogP contribution in [0.3, 0.4) is 0 Å². The molecule has 0 aliphatic carbocycles. The number of pyridine rings is 1. The van der Waals surface area contributed by atoms with Gasteiger partial charge in [0, 0.05) is 25.8 Å². The van der Waals surface area contributed by atoms with Gasteiger partial charge < -0.3 is 4.74 Å². The molecule has 2 aromatic rings. The molecule has 1 saturated heterocycles. The Morgan fingerprint density at radius 1 is 1.40 bits per heavy atom. The molecule has 4 heteroatoms. The SMILES string of the molecule is c1ccn2c(CC3CCOC3)nnc2c1. The molecule has 4 nitrogen and oxygen atoms in total. The van der Waals surface area contributed by atoms with Gasteiger partial charge in [-0.15, -0.1) is 10.2 Å². The highest BCUT2D eigenvalue weighted by Gasteiger charge is 2.18. The van der Waals surface area contributed by atoms with Crippen molar-refractivity contribution in [2.75, 3.05) is 13.2 Å². The van der Waals surface area contributed by atoms with Crippen LogP contribution in [-0.4, -0.2) is 27.8 Å². The molecule has 0 spiro atoms. The number of nitrogens with zero attached hydrogens (tertiary/aromatic N) is 3. The number of aromatic nitrogens is 3. The molecule has 0 bridgehead atoms. The van der Waals surface area contributed by atoms with E-state index in [4.69, 9.17) is 4.74 Å². The molecule has 3 heterocycles. The van der Waals surface area contributed by atoms with Gasteiger partial charge >= 0.3 is 0 Å². The molecule has 0 amide bonds. The first kappa shape index (κ1) is 8.85. The van der Waals surface area contributed by atoms with Crippen LogP contribution >= 0.6 is 0 Å². The summed E-state index contributed by atoms with van der Waals surface area (Å²) in [7, 11) is 0. The molecular formula is C11H13N3O. The predicted molar refractivity (Wildman–Crippen MR) is 55.6 cm³/mol. The fraction of sp³-hybridized carbons (Fsp3) is 0.455. The van der Waals surface area contributed by atoms with Crippen LogP contribution in [0.15, 0.2) is 24.4 Å². The van der Waals surface area contributed by atoms with Crippen LogP contribution in [0.25, 0.3) is 5.65 Å². The Balaban J connectivity index is 1.90. The van der Waals surface area contributed by atoms with E-state index in [1.165, 1.54) is 0 Å². The third-order valence-corrected chi connectivity index (χ3v) is 2.88. The van der Waals surface area contributed by atoms with Crippen molar-refractivity contribution in [2.24, 2.45) is 5.92 Å². The van der Waals surface area contributed by atoms with Gasteiger partial charge in [-0.05, 0) is 24.5 Å². The lowest BCUT2D eigenvalue weighted by Crippen LogP contribution is -2.06. The second-order valence-electron chi connectivity index (χ2n) is 3.98. The Kier molecular flexibility index (Phi) is 2.14. The molecule has 1 fully saturated rings. The fourth-order valence-electron chi connectivity index (χ4n) is 2.03. The molecule has 0 aromatic carbocycles. The second-order valence-corrected chi connectivity index (χ2v) is 3.98. The third kappa shape index (κ3) is 1.61. The standard InChI is InChI=1S/C11H13N3O/c1-2-5-14-10(3-1)12-13-11(14)7-9-4-6-15-8-9/h1-3,5,9H,4,6-8H2. The van der Waals surface area contributed by atoms with Crippen LogP contribution in [0.4, 0.5) is 0 Å². The monoisotopic (exact) mass is 203 g/mol. The largest absolute Gasteiger partial charge is 0.381 e. The molecule has 1 aliphatic heterocycles. The van der Waals surface area contributed by atoms with Crippen molar-refractivity contribution in [2.45, 2.75) is 12.8 Å². The van der Waals surface area contributed by atoms with Gasteiger partial charge in [0.25, 0.3) is 0 Å². The molecule has 0 radical (unpaired) electrons. The van der Waals surface area contributed by atoms with Gasteiger partial charge in [0.05, 0.1) is 0 Å². The summed E-state index contributed by atoms with van der Waals surface area (Å²) in [4.78, 5) is 0. The van der Waals surface area contributed by atoms with E-state index in [1.807, 2.05) is 24.4 Å². The van der Waals surface area contributed by atoms with E-state index in [0.717, 1.165) is 37.5 Å². The zero-order chi connectivity index (χ0) is 10.1. The van der Waals surface area contributed by atoms with Crippen LogP contribution in [0, 0.1) is 5.92 Å². The maximum Gasteiger partial charge on any atom is 0.160 e. The van der Waals surface area contributed by atoms with Crippen LogP contribution in [0.1, 0.15) is 12.2 Å². The minimum Gasteiger partial charge on any atom is -0.381 e. The van der Waals surface area contributed by atoms with E-state index in [9.17, 15) is 0 Å². The molecule has 1 atom stereocenters. The Labute approximate surface area is 87.9 Å². The summed E-state index contributed by atoms with van der Waals surface area (Å²) in [5.74, 6) is 1.65. The number of rotatable bonds is 2. The molecule has 0 N–H and O–H groups in total. The van der Waals surface area contributed by atoms with Gasteiger partial charge in [-0.3, -0.25) is 4.40 Å². The lowest BCUT2D eigenvalue weighted by Gasteiger charge is -2.04. The molecule has 15 heavy (non-hydrogen) atoms. The van der Waals surface area contributed by atoms with Crippen molar-refractivity contribution in [1.29, 1.82) is 0 Å². The van der Waals surface area contributed by atoms with Crippen molar-refractivity contribution in [3.8, 4) is 0 Å². The van der Waals surface area contributed by atoms with E-state index in [1.54, 1.807) is 0 Å². The van der Waals surface area contributed by atoms with Crippen LogP contribution < -0.4 is 0 Å². The lowest BCUT2D eigenvalue weighted by molar-refractivity contribution is 0.185. The Hall–Kier alpha value is -1.42.